The molecule has 1 atom stereocenters. The highest BCUT2D eigenvalue weighted by molar-refractivity contribution is 7.15. The van der Waals surface area contributed by atoms with E-state index in [-0.39, 0.29) is 0 Å². The number of nitrogens with one attached hydrogen (secondary N) is 1. The molecule has 4 nitrogen and oxygen atoms in total. The molecule has 0 saturated carbocycles. The lowest BCUT2D eigenvalue weighted by Crippen LogP contribution is -2.35. The Labute approximate surface area is 132 Å². The van der Waals surface area contributed by atoms with Gasteiger partial charge in [0.1, 0.15) is 0 Å². The molecule has 3 rings (SSSR count). The highest BCUT2D eigenvalue weighted by atomic mass is 32.1. The van der Waals surface area contributed by atoms with Crippen LogP contribution in [0.4, 0.5) is 5.13 Å². The summed E-state index contributed by atoms with van der Waals surface area (Å²) in [6.07, 6.45) is 4.08. The molecule has 2 fully saturated rings. The highest BCUT2D eigenvalue weighted by Gasteiger charge is 2.30. The molecule has 3 heterocycles. The van der Waals surface area contributed by atoms with Crippen LogP contribution in [0.2, 0.25) is 0 Å². The zero-order valence-corrected chi connectivity index (χ0v) is 14.4. The van der Waals surface area contributed by atoms with Gasteiger partial charge in [-0.15, -0.1) is 11.3 Å². The molecule has 0 spiro atoms. The van der Waals surface area contributed by atoms with Gasteiger partial charge in [0.2, 0.25) is 0 Å². The van der Waals surface area contributed by atoms with Crippen LogP contribution in [0.25, 0.3) is 0 Å². The number of nitrogens with zero attached hydrogens (tertiary/aromatic N) is 3. The minimum Gasteiger partial charge on any atom is -0.346 e. The average molecular weight is 308 g/mol. The summed E-state index contributed by atoms with van der Waals surface area (Å²) in [7, 11) is 0. The topological polar surface area (TPSA) is 31.4 Å². The number of anilines is 1. The van der Waals surface area contributed by atoms with E-state index in [1.807, 2.05) is 11.3 Å². The normalized spacial score (nSPS) is 23.6. The summed E-state index contributed by atoms with van der Waals surface area (Å²) in [6.45, 7) is 12.4. The second kappa shape index (κ2) is 6.63. The Bertz CT molecular complexity index is 465. The number of aryl methyl sites for hydroxylation is 1. The van der Waals surface area contributed by atoms with Crippen LogP contribution in [0.3, 0.4) is 0 Å². The fraction of sp³-hybridized carbons (Fsp3) is 0.812. The van der Waals surface area contributed by atoms with E-state index in [9.17, 15) is 0 Å². The Balaban J connectivity index is 1.60. The average Bonchev–Trinajstić information content (AvgIpc) is 3.16. The van der Waals surface area contributed by atoms with E-state index >= 15 is 0 Å². The van der Waals surface area contributed by atoms with E-state index in [1.54, 1.807) is 0 Å². The summed E-state index contributed by atoms with van der Waals surface area (Å²) in [5.41, 5.74) is 1.20. The maximum absolute atomic E-state index is 4.82. The summed E-state index contributed by atoms with van der Waals surface area (Å²) in [5, 5.41) is 4.73. The van der Waals surface area contributed by atoms with Crippen molar-refractivity contribution in [1.29, 1.82) is 0 Å². The monoisotopic (exact) mass is 308 g/mol. The van der Waals surface area contributed by atoms with Crippen LogP contribution < -0.4 is 10.2 Å². The fourth-order valence-corrected chi connectivity index (χ4v) is 4.38. The molecular formula is C16H28N4S. The third kappa shape index (κ3) is 3.58. The summed E-state index contributed by atoms with van der Waals surface area (Å²) in [5.74, 6) is 0. The van der Waals surface area contributed by atoms with Gasteiger partial charge in [-0.1, -0.05) is 13.8 Å². The molecule has 118 valence electrons. The van der Waals surface area contributed by atoms with Crippen molar-refractivity contribution in [2.45, 2.75) is 58.7 Å². The molecule has 0 amide bonds. The van der Waals surface area contributed by atoms with Gasteiger partial charge in [0.25, 0.3) is 0 Å². The van der Waals surface area contributed by atoms with Crippen molar-refractivity contribution in [3.63, 3.8) is 0 Å². The Morgan fingerprint density at radius 2 is 2.05 bits per heavy atom. The van der Waals surface area contributed by atoms with Crippen LogP contribution in [0, 0.1) is 6.92 Å². The molecule has 21 heavy (non-hydrogen) atoms. The molecule has 0 aliphatic carbocycles. The summed E-state index contributed by atoms with van der Waals surface area (Å²) in [6, 6.07) is 1.29. The van der Waals surface area contributed by atoms with Gasteiger partial charge in [0.15, 0.2) is 5.13 Å². The van der Waals surface area contributed by atoms with Crippen molar-refractivity contribution in [2.24, 2.45) is 0 Å². The number of rotatable bonds is 5. The molecule has 2 aliphatic rings. The Morgan fingerprint density at radius 1 is 1.29 bits per heavy atom. The van der Waals surface area contributed by atoms with Gasteiger partial charge in [-0.2, -0.15) is 0 Å². The Kier molecular flexibility index (Phi) is 4.82. The molecular weight excluding hydrogens is 280 g/mol. The number of aromatic nitrogens is 1. The highest BCUT2D eigenvalue weighted by Crippen LogP contribution is 2.30. The summed E-state index contributed by atoms with van der Waals surface area (Å²) >= 11 is 1.88. The van der Waals surface area contributed by atoms with Crippen LogP contribution in [0.5, 0.6) is 0 Å². The first-order valence-electron chi connectivity index (χ1n) is 8.32. The van der Waals surface area contributed by atoms with Crippen molar-refractivity contribution in [2.75, 3.05) is 31.1 Å². The van der Waals surface area contributed by atoms with Crippen molar-refractivity contribution in [3.8, 4) is 0 Å². The zero-order chi connectivity index (χ0) is 14.8. The third-order valence-electron chi connectivity index (χ3n) is 4.64. The predicted molar refractivity (Wildman–Crippen MR) is 90.3 cm³/mol. The SMILES string of the molecule is Cc1nc(N2CCC(N3CCCC3)C2)sc1CNC(C)C. The van der Waals surface area contributed by atoms with Crippen LogP contribution >= 0.6 is 11.3 Å². The standard InChI is InChI=1S/C16H28N4S/c1-12(2)17-10-15-13(3)18-16(21-15)20-9-6-14(11-20)19-7-4-5-8-19/h12,14,17H,4-11H2,1-3H3. The molecule has 0 bridgehead atoms. The molecule has 1 N–H and O–H groups in total. The number of hydrogen-bond donors (Lipinski definition) is 1. The number of likely N-dealkylation sites (tertiary alicyclic amines) is 1. The summed E-state index contributed by atoms with van der Waals surface area (Å²) in [4.78, 5) is 11.4. The van der Waals surface area contributed by atoms with E-state index in [2.05, 4.69) is 35.9 Å². The minimum atomic E-state index is 0.529. The zero-order valence-electron chi connectivity index (χ0n) is 13.6. The van der Waals surface area contributed by atoms with E-state index < -0.39 is 0 Å². The molecule has 0 radical (unpaired) electrons. The lowest BCUT2D eigenvalue weighted by Gasteiger charge is -2.23. The van der Waals surface area contributed by atoms with E-state index in [1.165, 1.54) is 61.1 Å². The predicted octanol–water partition coefficient (Wildman–Crippen LogP) is 2.62. The molecule has 0 aromatic carbocycles. The second-order valence-electron chi connectivity index (χ2n) is 6.67. The lowest BCUT2D eigenvalue weighted by atomic mass is 10.2. The first-order valence-corrected chi connectivity index (χ1v) is 9.14. The minimum absolute atomic E-state index is 0.529. The van der Waals surface area contributed by atoms with Gasteiger partial charge in [-0.3, -0.25) is 4.90 Å². The van der Waals surface area contributed by atoms with Gasteiger partial charge in [-0.25, -0.2) is 4.98 Å². The van der Waals surface area contributed by atoms with E-state index in [0.717, 1.165) is 12.6 Å². The largest absolute Gasteiger partial charge is 0.346 e. The van der Waals surface area contributed by atoms with Gasteiger partial charge in [0.05, 0.1) is 5.69 Å². The smallest absolute Gasteiger partial charge is 0.185 e. The van der Waals surface area contributed by atoms with E-state index in [0.29, 0.717) is 6.04 Å². The molecule has 5 heteroatoms. The second-order valence-corrected chi connectivity index (χ2v) is 7.73. The maximum atomic E-state index is 4.82. The first-order chi connectivity index (χ1) is 10.1. The van der Waals surface area contributed by atoms with Crippen molar-refractivity contribution >= 4 is 16.5 Å². The first kappa shape index (κ1) is 15.3. The van der Waals surface area contributed by atoms with Crippen molar-refractivity contribution < 1.29 is 0 Å². The van der Waals surface area contributed by atoms with Crippen LogP contribution in [-0.2, 0) is 6.54 Å². The van der Waals surface area contributed by atoms with Crippen LogP contribution in [-0.4, -0.2) is 48.1 Å². The van der Waals surface area contributed by atoms with Crippen LogP contribution in [0.1, 0.15) is 43.7 Å². The lowest BCUT2D eigenvalue weighted by molar-refractivity contribution is 0.260. The third-order valence-corrected chi connectivity index (χ3v) is 5.86. The number of hydrogen-bond acceptors (Lipinski definition) is 5. The quantitative estimate of drug-likeness (QED) is 0.906. The van der Waals surface area contributed by atoms with Gasteiger partial charge in [-0.05, 0) is 39.3 Å². The van der Waals surface area contributed by atoms with Crippen LogP contribution in [0.15, 0.2) is 0 Å². The van der Waals surface area contributed by atoms with Gasteiger partial charge >= 0.3 is 0 Å². The van der Waals surface area contributed by atoms with Crippen molar-refractivity contribution in [1.82, 2.24) is 15.2 Å². The maximum Gasteiger partial charge on any atom is 0.185 e. The molecule has 1 aromatic rings. The van der Waals surface area contributed by atoms with E-state index in [4.69, 9.17) is 4.98 Å². The van der Waals surface area contributed by atoms with Crippen molar-refractivity contribution in [3.05, 3.63) is 10.6 Å². The Hall–Kier alpha value is -0.650. The fourth-order valence-electron chi connectivity index (χ4n) is 3.33. The van der Waals surface area contributed by atoms with Gasteiger partial charge in [0, 0.05) is 36.6 Å². The number of thiazole rings is 1. The Morgan fingerprint density at radius 3 is 2.76 bits per heavy atom. The molecule has 1 aromatic heterocycles. The summed E-state index contributed by atoms with van der Waals surface area (Å²) < 4.78 is 0. The van der Waals surface area contributed by atoms with Gasteiger partial charge < -0.3 is 10.2 Å². The molecule has 2 saturated heterocycles. The molecule has 1 unspecified atom stereocenters. The molecule has 2 aliphatic heterocycles.